The van der Waals surface area contributed by atoms with Crippen molar-refractivity contribution < 1.29 is 9.22 Å². The van der Waals surface area contributed by atoms with Gasteiger partial charge in [-0.15, -0.1) is 0 Å². The molecule has 0 fully saturated rings. The van der Waals surface area contributed by atoms with Crippen LogP contribution in [0.1, 0.15) is 47.0 Å². The lowest BCUT2D eigenvalue weighted by Crippen LogP contribution is -2.42. The molecule has 0 N–H and O–H groups in total. The first-order valence-electron chi connectivity index (χ1n) is 7.15. The third kappa shape index (κ3) is 8.17. The van der Waals surface area contributed by atoms with Gasteiger partial charge in [-0.2, -0.15) is 0 Å². The number of rotatable bonds is 8. The highest BCUT2D eigenvalue weighted by Gasteiger charge is 2.37. The predicted molar refractivity (Wildman–Crippen MR) is 85.9 cm³/mol. The summed E-state index contributed by atoms with van der Waals surface area (Å²) in [7, 11) is -1.67. The van der Waals surface area contributed by atoms with E-state index in [0.29, 0.717) is 6.42 Å². The Morgan fingerprint density at radius 3 is 2.32 bits per heavy atom. The largest absolute Gasteiger partial charge is 0.411 e. The van der Waals surface area contributed by atoms with Crippen molar-refractivity contribution in [1.82, 2.24) is 0 Å². The summed E-state index contributed by atoms with van der Waals surface area (Å²) in [6, 6.07) is 0. The highest BCUT2D eigenvalue weighted by molar-refractivity contribution is 6.74. The summed E-state index contributed by atoms with van der Waals surface area (Å²) in [6.07, 6.45) is 11.9. The molecule has 0 aliphatic rings. The van der Waals surface area contributed by atoms with Gasteiger partial charge >= 0.3 is 0 Å². The number of aldehydes is 1. The van der Waals surface area contributed by atoms with Crippen LogP contribution in [0.15, 0.2) is 24.3 Å². The van der Waals surface area contributed by atoms with Gasteiger partial charge in [0.05, 0.1) is 6.10 Å². The fourth-order valence-electron chi connectivity index (χ4n) is 1.40. The van der Waals surface area contributed by atoms with E-state index in [2.05, 4.69) is 52.9 Å². The van der Waals surface area contributed by atoms with Crippen molar-refractivity contribution in [2.45, 2.75) is 71.2 Å². The van der Waals surface area contributed by atoms with Crippen LogP contribution in [0.25, 0.3) is 0 Å². The molecule has 1 unspecified atom stereocenters. The van der Waals surface area contributed by atoms with Gasteiger partial charge in [0.2, 0.25) is 0 Å². The van der Waals surface area contributed by atoms with Crippen LogP contribution >= 0.6 is 0 Å². The standard InChI is InChI=1S/C16H30O2Si/c1-15(18-19(5,6)16(2,3)4)13-11-9-7-8-10-12-14-17/h7,9,11,13-15H,8,10,12H2,1-6H3/b9-7+,13-11+. The van der Waals surface area contributed by atoms with Crippen molar-refractivity contribution in [3.8, 4) is 0 Å². The summed E-state index contributed by atoms with van der Waals surface area (Å²) in [4.78, 5) is 10.1. The maximum atomic E-state index is 10.1. The number of hydrogen-bond acceptors (Lipinski definition) is 2. The summed E-state index contributed by atoms with van der Waals surface area (Å²) in [5, 5.41) is 0.250. The SMILES string of the molecule is CC(/C=C/C=C/CCCC=O)O[Si](C)(C)C(C)(C)C. The molecule has 0 aromatic rings. The van der Waals surface area contributed by atoms with Gasteiger partial charge < -0.3 is 9.22 Å². The van der Waals surface area contributed by atoms with Gasteiger partial charge in [-0.1, -0.05) is 45.1 Å². The average molecular weight is 283 g/mol. The second-order valence-electron chi connectivity index (χ2n) is 6.49. The maximum Gasteiger partial charge on any atom is 0.192 e. The molecule has 0 aliphatic carbocycles. The molecule has 0 saturated carbocycles. The molecule has 0 aromatic carbocycles. The zero-order chi connectivity index (χ0) is 14.9. The predicted octanol–water partition coefficient (Wildman–Crippen LogP) is 4.88. The van der Waals surface area contributed by atoms with Gasteiger partial charge in [0.1, 0.15) is 6.29 Å². The molecule has 0 amide bonds. The lowest BCUT2D eigenvalue weighted by molar-refractivity contribution is -0.107. The topological polar surface area (TPSA) is 26.3 Å². The molecule has 0 aliphatic heterocycles. The Morgan fingerprint density at radius 2 is 1.79 bits per heavy atom. The van der Waals surface area contributed by atoms with Gasteiger partial charge in [-0.3, -0.25) is 0 Å². The number of hydrogen-bond donors (Lipinski definition) is 0. The van der Waals surface area contributed by atoms with E-state index in [1.807, 2.05) is 12.2 Å². The van der Waals surface area contributed by atoms with Crippen LogP contribution in [-0.2, 0) is 9.22 Å². The van der Waals surface area contributed by atoms with Crippen molar-refractivity contribution in [2.24, 2.45) is 0 Å². The monoisotopic (exact) mass is 282 g/mol. The summed E-state index contributed by atoms with van der Waals surface area (Å²) in [5.41, 5.74) is 0. The average Bonchev–Trinajstić information content (AvgIpc) is 2.25. The van der Waals surface area contributed by atoms with Crippen LogP contribution in [-0.4, -0.2) is 20.7 Å². The van der Waals surface area contributed by atoms with E-state index in [1.54, 1.807) is 0 Å². The van der Waals surface area contributed by atoms with E-state index in [0.717, 1.165) is 19.1 Å². The third-order valence-electron chi connectivity index (χ3n) is 3.61. The first-order valence-corrected chi connectivity index (χ1v) is 10.1. The maximum absolute atomic E-state index is 10.1. The number of unbranched alkanes of at least 4 members (excludes halogenated alkanes) is 2. The summed E-state index contributed by atoms with van der Waals surface area (Å²) in [6.45, 7) is 13.4. The fraction of sp³-hybridized carbons (Fsp3) is 0.688. The molecule has 3 heteroatoms. The Bertz CT molecular complexity index is 311. The summed E-state index contributed by atoms with van der Waals surface area (Å²) < 4.78 is 6.22. The highest BCUT2D eigenvalue weighted by atomic mass is 28.4. The van der Waals surface area contributed by atoms with Gasteiger partial charge in [-0.25, -0.2) is 0 Å². The number of allylic oxidation sites excluding steroid dienone is 3. The first-order chi connectivity index (χ1) is 8.70. The van der Waals surface area contributed by atoms with Crippen molar-refractivity contribution >= 4 is 14.6 Å². The molecule has 19 heavy (non-hydrogen) atoms. The van der Waals surface area contributed by atoms with Gasteiger partial charge in [0, 0.05) is 6.42 Å². The third-order valence-corrected chi connectivity index (χ3v) is 8.18. The lowest BCUT2D eigenvalue weighted by Gasteiger charge is -2.37. The number of carbonyl (C=O) groups excluding carboxylic acids is 1. The zero-order valence-corrected chi connectivity index (χ0v) is 14.4. The minimum atomic E-state index is -1.67. The molecule has 0 rings (SSSR count). The Morgan fingerprint density at radius 1 is 1.16 bits per heavy atom. The molecule has 0 aromatic heterocycles. The molecular formula is C16H30O2Si. The highest BCUT2D eigenvalue weighted by Crippen LogP contribution is 2.37. The fourth-order valence-corrected chi connectivity index (χ4v) is 2.76. The Hall–Kier alpha value is -0.673. The molecule has 0 radical (unpaired) electrons. The normalized spacial score (nSPS) is 15.3. The zero-order valence-electron chi connectivity index (χ0n) is 13.4. The lowest BCUT2D eigenvalue weighted by atomic mass is 10.2. The molecule has 0 heterocycles. The smallest absolute Gasteiger partial charge is 0.192 e. The quantitative estimate of drug-likeness (QED) is 0.274. The molecule has 2 nitrogen and oxygen atoms in total. The second kappa shape index (κ2) is 8.49. The van der Waals surface area contributed by atoms with Crippen molar-refractivity contribution in [1.29, 1.82) is 0 Å². The molecule has 0 spiro atoms. The van der Waals surface area contributed by atoms with Crippen LogP contribution in [0.5, 0.6) is 0 Å². The summed E-state index contributed by atoms with van der Waals surface area (Å²) in [5.74, 6) is 0. The van der Waals surface area contributed by atoms with E-state index in [1.165, 1.54) is 0 Å². The van der Waals surface area contributed by atoms with Crippen LogP contribution in [0.3, 0.4) is 0 Å². The van der Waals surface area contributed by atoms with Gasteiger partial charge in [-0.05, 0) is 37.9 Å². The van der Waals surface area contributed by atoms with Crippen LogP contribution in [0.2, 0.25) is 18.1 Å². The van der Waals surface area contributed by atoms with E-state index in [-0.39, 0.29) is 11.1 Å². The first kappa shape index (κ1) is 18.3. The number of carbonyl (C=O) groups is 1. The molecule has 110 valence electrons. The van der Waals surface area contributed by atoms with Crippen LogP contribution in [0, 0.1) is 0 Å². The molecule has 1 atom stereocenters. The second-order valence-corrected chi connectivity index (χ2v) is 11.3. The van der Waals surface area contributed by atoms with E-state index >= 15 is 0 Å². The van der Waals surface area contributed by atoms with Crippen LogP contribution in [0.4, 0.5) is 0 Å². The summed E-state index contributed by atoms with van der Waals surface area (Å²) >= 11 is 0. The molecular weight excluding hydrogens is 252 g/mol. The van der Waals surface area contributed by atoms with Gasteiger partial charge in [0.25, 0.3) is 0 Å². The molecule has 0 bridgehead atoms. The van der Waals surface area contributed by atoms with E-state index in [4.69, 9.17) is 4.43 Å². The van der Waals surface area contributed by atoms with E-state index < -0.39 is 8.32 Å². The van der Waals surface area contributed by atoms with Gasteiger partial charge in [0.15, 0.2) is 8.32 Å². The Kier molecular flexibility index (Phi) is 8.19. The Balaban J connectivity index is 4.10. The Labute approximate surface area is 120 Å². The van der Waals surface area contributed by atoms with Crippen molar-refractivity contribution in [2.75, 3.05) is 0 Å². The van der Waals surface area contributed by atoms with Crippen molar-refractivity contribution in [3.05, 3.63) is 24.3 Å². The minimum Gasteiger partial charge on any atom is -0.411 e. The van der Waals surface area contributed by atoms with Crippen molar-refractivity contribution in [3.63, 3.8) is 0 Å². The molecule has 0 saturated heterocycles. The van der Waals surface area contributed by atoms with E-state index in [9.17, 15) is 4.79 Å². The van der Waals surface area contributed by atoms with Crippen LogP contribution < -0.4 is 0 Å². The minimum absolute atomic E-state index is 0.153.